The molecule has 1 aromatic carbocycles. The van der Waals surface area contributed by atoms with Crippen molar-refractivity contribution in [2.75, 3.05) is 13.1 Å². The Bertz CT molecular complexity index is 693. The van der Waals surface area contributed by atoms with E-state index in [1.165, 1.54) is 12.1 Å². The summed E-state index contributed by atoms with van der Waals surface area (Å²) in [6.07, 6.45) is 0.439. The molecule has 0 bridgehead atoms. The van der Waals surface area contributed by atoms with E-state index in [9.17, 15) is 23.6 Å². The molecular formula is C13H18N2O5S. The summed E-state index contributed by atoms with van der Waals surface area (Å²) < 4.78 is 26.1. The molecule has 0 atom stereocenters. The van der Waals surface area contributed by atoms with Crippen molar-refractivity contribution < 1.29 is 18.4 Å². The van der Waals surface area contributed by atoms with Gasteiger partial charge in [-0.25, -0.2) is 8.42 Å². The fourth-order valence-corrected chi connectivity index (χ4v) is 4.09. The van der Waals surface area contributed by atoms with Crippen LogP contribution in [-0.2, 0) is 10.0 Å². The molecule has 1 N–H and O–H groups in total. The average molecular weight is 314 g/mol. The Labute approximate surface area is 123 Å². The molecule has 1 aliphatic rings. The SMILES string of the molecule is CCC1(O)CN(S(=O)(=O)c2cc(C)c(C)cc2[N+](=O)[O-])C1. The molecule has 0 aromatic heterocycles. The minimum absolute atomic E-state index is 0.0318. The number of β-amino-alcohol motifs (C(OH)–C–C–N with tert-alkyl or cyclic N) is 1. The van der Waals surface area contributed by atoms with Crippen LogP contribution < -0.4 is 0 Å². The van der Waals surface area contributed by atoms with Crippen molar-refractivity contribution in [3.63, 3.8) is 0 Å². The Kier molecular flexibility index (Phi) is 3.81. The van der Waals surface area contributed by atoms with Gasteiger partial charge in [-0.05, 0) is 37.5 Å². The molecule has 1 saturated heterocycles. The van der Waals surface area contributed by atoms with Crippen molar-refractivity contribution in [1.82, 2.24) is 4.31 Å². The highest BCUT2D eigenvalue weighted by molar-refractivity contribution is 7.89. The Morgan fingerprint density at radius 1 is 1.33 bits per heavy atom. The quantitative estimate of drug-likeness (QED) is 0.668. The van der Waals surface area contributed by atoms with Crippen molar-refractivity contribution in [2.24, 2.45) is 0 Å². The number of aliphatic hydroxyl groups is 1. The van der Waals surface area contributed by atoms with Gasteiger partial charge >= 0.3 is 0 Å². The summed E-state index contributed by atoms with van der Waals surface area (Å²) in [7, 11) is -3.97. The molecule has 7 nitrogen and oxygen atoms in total. The molecule has 0 spiro atoms. The predicted molar refractivity (Wildman–Crippen MR) is 76.6 cm³/mol. The first-order valence-electron chi connectivity index (χ1n) is 6.59. The number of nitro groups is 1. The Balaban J connectivity index is 2.46. The number of nitrogens with zero attached hydrogens (tertiary/aromatic N) is 2. The maximum absolute atomic E-state index is 12.5. The number of aryl methyl sites for hydroxylation is 2. The van der Waals surface area contributed by atoms with E-state index < -0.39 is 26.2 Å². The van der Waals surface area contributed by atoms with Crippen molar-refractivity contribution >= 4 is 15.7 Å². The number of nitro benzene ring substituents is 1. The Morgan fingerprint density at radius 2 is 1.86 bits per heavy atom. The summed E-state index contributed by atoms with van der Waals surface area (Å²) >= 11 is 0. The minimum Gasteiger partial charge on any atom is -0.387 e. The van der Waals surface area contributed by atoms with Gasteiger partial charge in [-0.15, -0.1) is 0 Å². The van der Waals surface area contributed by atoms with Gasteiger partial charge in [-0.1, -0.05) is 6.92 Å². The number of hydrogen-bond donors (Lipinski definition) is 1. The zero-order chi connectivity index (χ0) is 16.0. The molecule has 0 radical (unpaired) electrons. The first-order valence-corrected chi connectivity index (χ1v) is 8.03. The molecule has 116 valence electrons. The predicted octanol–water partition coefficient (Wildman–Crippen LogP) is 1.36. The third kappa shape index (κ3) is 2.66. The zero-order valence-corrected chi connectivity index (χ0v) is 13.0. The molecule has 8 heteroatoms. The van der Waals surface area contributed by atoms with E-state index in [4.69, 9.17) is 0 Å². The van der Waals surface area contributed by atoms with E-state index in [-0.39, 0.29) is 18.0 Å². The summed E-state index contributed by atoms with van der Waals surface area (Å²) in [5, 5.41) is 21.1. The maximum atomic E-state index is 12.5. The minimum atomic E-state index is -3.97. The fourth-order valence-electron chi connectivity index (χ4n) is 2.27. The van der Waals surface area contributed by atoms with E-state index >= 15 is 0 Å². The van der Waals surface area contributed by atoms with Crippen molar-refractivity contribution in [1.29, 1.82) is 0 Å². The number of rotatable bonds is 4. The standard InChI is InChI=1S/C13H18N2O5S/c1-4-13(16)7-14(8-13)21(19,20)12-6-10(3)9(2)5-11(12)15(17)18/h5-6,16H,4,7-8H2,1-3H3. The average Bonchev–Trinajstić information content (AvgIpc) is 2.37. The van der Waals surface area contributed by atoms with Gasteiger partial charge in [0.2, 0.25) is 10.0 Å². The van der Waals surface area contributed by atoms with E-state index in [0.29, 0.717) is 17.5 Å². The van der Waals surface area contributed by atoms with Gasteiger partial charge in [-0.2, -0.15) is 4.31 Å². The molecular weight excluding hydrogens is 296 g/mol. The molecule has 1 fully saturated rings. The van der Waals surface area contributed by atoms with Crippen LogP contribution in [0.2, 0.25) is 0 Å². The van der Waals surface area contributed by atoms with Crippen LogP contribution in [-0.4, -0.2) is 41.4 Å². The van der Waals surface area contributed by atoms with E-state index in [0.717, 1.165) is 4.31 Å². The summed E-state index contributed by atoms with van der Waals surface area (Å²) in [6.45, 7) is 5.10. The third-order valence-corrected chi connectivity index (χ3v) is 5.81. The van der Waals surface area contributed by atoms with Crippen LogP contribution in [0.3, 0.4) is 0 Å². The molecule has 0 unspecified atom stereocenters. The van der Waals surface area contributed by atoms with Gasteiger partial charge in [0.25, 0.3) is 5.69 Å². The second kappa shape index (κ2) is 5.04. The van der Waals surface area contributed by atoms with Crippen LogP contribution in [0, 0.1) is 24.0 Å². The molecule has 2 rings (SSSR count). The van der Waals surface area contributed by atoms with Gasteiger partial charge < -0.3 is 5.11 Å². The molecule has 1 aliphatic heterocycles. The maximum Gasteiger partial charge on any atom is 0.289 e. The highest BCUT2D eigenvalue weighted by atomic mass is 32.2. The van der Waals surface area contributed by atoms with E-state index in [1.807, 2.05) is 0 Å². The lowest BCUT2D eigenvalue weighted by molar-refractivity contribution is -0.388. The summed E-state index contributed by atoms with van der Waals surface area (Å²) in [5.74, 6) is 0. The molecule has 0 amide bonds. The normalized spacial score (nSPS) is 18.3. The Hall–Kier alpha value is -1.51. The summed E-state index contributed by atoms with van der Waals surface area (Å²) in [6, 6.07) is 2.60. The van der Waals surface area contributed by atoms with Crippen LogP contribution in [0.15, 0.2) is 17.0 Å². The molecule has 21 heavy (non-hydrogen) atoms. The lowest BCUT2D eigenvalue weighted by atomic mass is 9.94. The van der Waals surface area contributed by atoms with Crippen LogP contribution >= 0.6 is 0 Å². The molecule has 0 saturated carbocycles. The van der Waals surface area contributed by atoms with Crippen molar-refractivity contribution in [3.8, 4) is 0 Å². The van der Waals surface area contributed by atoms with Crippen LogP contribution in [0.4, 0.5) is 5.69 Å². The van der Waals surface area contributed by atoms with Gasteiger partial charge in [-0.3, -0.25) is 10.1 Å². The van der Waals surface area contributed by atoms with Crippen LogP contribution in [0.5, 0.6) is 0 Å². The van der Waals surface area contributed by atoms with Gasteiger partial charge in [0.1, 0.15) is 0 Å². The van der Waals surface area contributed by atoms with Crippen molar-refractivity contribution in [3.05, 3.63) is 33.4 Å². The topological polar surface area (TPSA) is 101 Å². The highest BCUT2D eigenvalue weighted by Crippen LogP contribution is 2.35. The first kappa shape index (κ1) is 15.9. The molecule has 1 heterocycles. The zero-order valence-electron chi connectivity index (χ0n) is 12.2. The van der Waals surface area contributed by atoms with Gasteiger partial charge in [0, 0.05) is 19.2 Å². The monoisotopic (exact) mass is 314 g/mol. The largest absolute Gasteiger partial charge is 0.387 e. The van der Waals surface area contributed by atoms with Gasteiger partial charge in [0.15, 0.2) is 4.90 Å². The summed E-state index contributed by atoms with van der Waals surface area (Å²) in [5.41, 5.74) is -0.119. The number of hydrogen-bond acceptors (Lipinski definition) is 5. The smallest absolute Gasteiger partial charge is 0.289 e. The Morgan fingerprint density at radius 3 is 2.33 bits per heavy atom. The van der Waals surface area contributed by atoms with Crippen molar-refractivity contribution in [2.45, 2.75) is 37.7 Å². The third-order valence-electron chi connectivity index (χ3n) is 3.99. The highest BCUT2D eigenvalue weighted by Gasteiger charge is 2.47. The fraction of sp³-hybridized carbons (Fsp3) is 0.538. The number of sulfonamides is 1. The van der Waals surface area contributed by atoms with Gasteiger partial charge in [0.05, 0.1) is 10.5 Å². The second-order valence-electron chi connectivity index (χ2n) is 5.51. The van der Waals surface area contributed by atoms with Crippen LogP contribution in [0.1, 0.15) is 24.5 Å². The molecule has 0 aliphatic carbocycles. The molecule has 1 aromatic rings. The number of benzene rings is 1. The summed E-state index contributed by atoms with van der Waals surface area (Å²) in [4.78, 5) is 10.1. The van der Waals surface area contributed by atoms with E-state index in [2.05, 4.69) is 0 Å². The first-order chi connectivity index (χ1) is 9.60. The lowest BCUT2D eigenvalue weighted by Crippen LogP contribution is -2.62. The van der Waals surface area contributed by atoms with Crippen LogP contribution in [0.25, 0.3) is 0 Å². The second-order valence-corrected chi connectivity index (χ2v) is 7.42. The van der Waals surface area contributed by atoms with E-state index in [1.54, 1.807) is 20.8 Å². The lowest BCUT2D eigenvalue weighted by Gasteiger charge is -2.44.